The molecular weight excluding hydrogens is 251 g/mol. The van der Waals surface area contributed by atoms with Crippen molar-refractivity contribution in [1.82, 2.24) is 15.2 Å². The zero-order valence-electron chi connectivity index (χ0n) is 8.69. The molecule has 0 spiro atoms. The summed E-state index contributed by atoms with van der Waals surface area (Å²) in [5.74, 6) is -1.16. The Balaban J connectivity index is 2.32. The number of carboxylic acids is 1. The molecule has 5 nitrogen and oxygen atoms in total. The summed E-state index contributed by atoms with van der Waals surface area (Å²) in [7, 11) is 0. The molecule has 0 aliphatic heterocycles. The first-order chi connectivity index (χ1) is 8.38. The number of aromatic amines is 1. The van der Waals surface area contributed by atoms with Crippen LogP contribution < -0.4 is 0 Å². The second-order valence-electron chi connectivity index (χ2n) is 3.40. The number of aromatic nitrogens is 3. The fraction of sp³-hybridized carbons (Fsp3) is 0.100. The maximum atomic E-state index is 12.3. The van der Waals surface area contributed by atoms with Gasteiger partial charge in [-0.1, -0.05) is 0 Å². The molecule has 2 rings (SSSR count). The number of pyridine rings is 1. The number of rotatable bonds is 2. The van der Waals surface area contributed by atoms with E-state index in [0.29, 0.717) is 0 Å². The number of nitrogens with zero attached hydrogens (tertiary/aromatic N) is 2. The third-order valence-electron chi connectivity index (χ3n) is 2.16. The van der Waals surface area contributed by atoms with Gasteiger partial charge in [-0.3, -0.25) is 10.1 Å². The van der Waals surface area contributed by atoms with E-state index in [9.17, 15) is 18.0 Å². The zero-order valence-corrected chi connectivity index (χ0v) is 8.69. The minimum Gasteiger partial charge on any atom is -0.478 e. The van der Waals surface area contributed by atoms with Crippen molar-refractivity contribution in [2.24, 2.45) is 0 Å². The smallest absolute Gasteiger partial charge is 0.432 e. The fourth-order valence-corrected chi connectivity index (χ4v) is 1.27. The van der Waals surface area contributed by atoms with Crippen LogP contribution in [-0.2, 0) is 6.18 Å². The van der Waals surface area contributed by atoms with Crippen molar-refractivity contribution in [1.29, 1.82) is 0 Å². The highest BCUT2D eigenvalue weighted by Crippen LogP contribution is 2.29. The molecule has 8 heteroatoms. The summed E-state index contributed by atoms with van der Waals surface area (Å²) in [6.45, 7) is 0. The van der Waals surface area contributed by atoms with Crippen LogP contribution in [0, 0.1) is 0 Å². The zero-order chi connectivity index (χ0) is 13.3. The van der Waals surface area contributed by atoms with Gasteiger partial charge in [0.25, 0.3) is 0 Å². The fourth-order valence-electron chi connectivity index (χ4n) is 1.27. The van der Waals surface area contributed by atoms with Gasteiger partial charge >= 0.3 is 12.1 Å². The summed E-state index contributed by atoms with van der Waals surface area (Å²) in [6, 6.07) is 3.34. The van der Waals surface area contributed by atoms with Crippen LogP contribution in [0.2, 0.25) is 0 Å². The molecule has 0 fully saturated rings. The molecule has 2 aromatic heterocycles. The van der Waals surface area contributed by atoms with Crippen molar-refractivity contribution >= 4 is 5.97 Å². The Morgan fingerprint density at radius 2 is 2.00 bits per heavy atom. The third kappa shape index (κ3) is 2.31. The maximum Gasteiger partial charge on any atom is 0.432 e. The lowest BCUT2D eigenvalue weighted by Gasteiger charge is -2.00. The van der Waals surface area contributed by atoms with Gasteiger partial charge in [0.15, 0.2) is 0 Å². The van der Waals surface area contributed by atoms with E-state index in [1.165, 1.54) is 12.1 Å². The number of carbonyl (C=O) groups is 1. The lowest BCUT2D eigenvalue weighted by atomic mass is 10.2. The van der Waals surface area contributed by atoms with Gasteiger partial charge in [0, 0.05) is 6.20 Å². The average molecular weight is 257 g/mol. The molecule has 0 aromatic carbocycles. The molecule has 18 heavy (non-hydrogen) atoms. The normalized spacial score (nSPS) is 11.5. The van der Waals surface area contributed by atoms with Gasteiger partial charge in [0.1, 0.15) is 11.4 Å². The Hall–Kier alpha value is -2.38. The van der Waals surface area contributed by atoms with E-state index >= 15 is 0 Å². The Labute approximate surface area is 98.3 Å². The van der Waals surface area contributed by atoms with Crippen molar-refractivity contribution in [3.63, 3.8) is 0 Å². The Kier molecular flexibility index (Phi) is 2.77. The van der Waals surface area contributed by atoms with Crippen molar-refractivity contribution < 1.29 is 23.1 Å². The van der Waals surface area contributed by atoms with E-state index in [1.54, 1.807) is 0 Å². The molecule has 0 aliphatic rings. The van der Waals surface area contributed by atoms with E-state index in [4.69, 9.17) is 5.11 Å². The SMILES string of the molecule is O=C(O)c1ccc(-c2cc(C(F)(F)F)[nH]n2)nc1. The minimum absolute atomic E-state index is 0.000682. The molecule has 2 N–H and O–H groups in total. The molecule has 0 radical (unpaired) electrons. The van der Waals surface area contributed by atoms with E-state index < -0.39 is 17.8 Å². The summed E-state index contributed by atoms with van der Waals surface area (Å²) >= 11 is 0. The minimum atomic E-state index is -4.51. The number of hydrogen-bond acceptors (Lipinski definition) is 3. The highest BCUT2D eigenvalue weighted by atomic mass is 19.4. The van der Waals surface area contributed by atoms with Crippen LogP contribution in [0.5, 0.6) is 0 Å². The third-order valence-corrected chi connectivity index (χ3v) is 2.16. The largest absolute Gasteiger partial charge is 0.478 e. The number of nitrogens with one attached hydrogen (secondary N) is 1. The molecule has 94 valence electrons. The van der Waals surface area contributed by atoms with Gasteiger partial charge in [-0.25, -0.2) is 4.79 Å². The summed E-state index contributed by atoms with van der Waals surface area (Å²) in [4.78, 5) is 14.3. The number of alkyl halides is 3. The first-order valence-corrected chi connectivity index (χ1v) is 4.70. The predicted molar refractivity (Wildman–Crippen MR) is 53.8 cm³/mol. The van der Waals surface area contributed by atoms with Crippen molar-refractivity contribution in [2.75, 3.05) is 0 Å². The average Bonchev–Trinajstić information content (AvgIpc) is 2.78. The summed E-state index contributed by atoms with van der Waals surface area (Å²) in [5.41, 5.74) is -0.877. The maximum absolute atomic E-state index is 12.3. The quantitative estimate of drug-likeness (QED) is 0.864. The number of hydrogen-bond donors (Lipinski definition) is 2. The Bertz CT molecular complexity index is 575. The monoisotopic (exact) mass is 257 g/mol. The molecule has 0 bridgehead atoms. The first kappa shape index (κ1) is 12.1. The van der Waals surface area contributed by atoms with E-state index in [0.717, 1.165) is 12.3 Å². The molecule has 2 aromatic rings. The van der Waals surface area contributed by atoms with E-state index in [1.807, 2.05) is 5.10 Å². The highest BCUT2D eigenvalue weighted by molar-refractivity contribution is 5.87. The summed E-state index contributed by atoms with van der Waals surface area (Å²) in [5, 5.41) is 14.0. The first-order valence-electron chi connectivity index (χ1n) is 4.70. The number of halogens is 3. The van der Waals surface area contributed by atoms with Crippen LogP contribution in [-0.4, -0.2) is 26.3 Å². The van der Waals surface area contributed by atoms with Crippen LogP contribution in [0.15, 0.2) is 24.4 Å². The van der Waals surface area contributed by atoms with Crippen LogP contribution in [0.3, 0.4) is 0 Å². The van der Waals surface area contributed by atoms with Gasteiger partial charge in [-0.05, 0) is 18.2 Å². The number of carboxylic acid groups (broad SMARTS) is 1. The number of H-pyrrole nitrogens is 1. The second kappa shape index (κ2) is 4.13. The summed E-state index contributed by atoms with van der Waals surface area (Å²) in [6.07, 6.45) is -3.45. The number of aromatic carboxylic acids is 1. The second-order valence-corrected chi connectivity index (χ2v) is 3.40. The summed E-state index contributed by atoms with van der Waals surface area (Å²) < 4.78 is 37.0. The molecule has 2 heterocycles. The molecular formula is C10H6F3N3O2. The van der Waals surface area contributed by atoms with Crippen LogP contribution in [0.4, 0.5) is 13.2 Å². The van der Waals surface area contributed by atoms with Gasteiger partial charge in [-0.15, -0.1) is 0 Å². The van der Waals surface area contributed by atoms with Gasteiger partial charge in [-0.2, -0.15) is 18.3 Å². The lowest BCUT2D eigenvalue weighted by Crippen LogP contribution is -2.04. The van der Waals surface area contributed by atoms with Crippen LogP contribution in [0.25, 0.3) is 11.4 Å². The van der Waals surface area contributed by atoms with Gasteiger partial charge < -0.3 is 5.11 Å². The molecule has 0 amide bonds. The Morgan fingerprint density at radius 3 is 2.44 bits per heavy atom. The van der Waals surface area contributed by atoms with Crippen molar-refractivity contribution in [3.8, 4) is 11.4 Å². The molecule has 0 saturated carbocycles. The molecule has 0 aliphatic carbocycles. The van der Waals surface area contributed by atoms with E-state index in [-0.39, 0.29) is 17.0 Å². The van der Waals surface area contributed by atoms with Crippen LogP contribution in [0.1, 0.15) is 16.1 Å². The van der Waals surface area contributed by atoms with Crippen LogP contribution >= 0.6 is 0 Å². The van der Waals surface area contributed by atoms with Crippen molar-refractivity contribution in [3.05, 3.63) is 35.7 Å². The van der Waals surface area contributed by atoms with Gasteiger partial charge in [0.05, 0.1) is 11.3 Å². The van der Waals surface area contributed by atoms with Crippen molar-refractivity contribution in [2.45, 2.75) is 6.18 Å². The lowest BCUT2D eigenvalue weighted by molar-refractivity contribution is -0.141. The predicted octanol–water partition coefficient (Wildman–Crippen LogP) is 2.19. The molecule has 0 atom stereocenters. The molecule has 0 saturated heterocycles. The highest BCUT2D eigenvalue weighted by Gasteiger charge is 2.33. The topological polar surface area (TPSA) is 78.9 Å². The molecule has 0 unspecified atom stereocenters. The standard InChI is InChI=1S/C10H6F3N3O2/c11-10(12,13)8-3-7(15-16-8)6-2-1-5(4-14-6)9(17)18/h1-4H,(H,15,16)(H,17,18). The van der Waals surface area contributed by atoms with Gasteiger partial charge in [0.2, 0.25) is 0 Å². The van der Waals surface area contributed by atoms with E-state index in [2.05, 4.69) is 10.1 Å². The Morgan fingerprint density at radius 1 is 1.28 bits per heavy atom.